The Bertz CT molecular complexity index is 214. The third-order valence-electron chi connectivity index (χ3n) is 3.91. The summed E-state index contributed by atoms with van der Waals surface area (Å²) in [5.41, 5.74) is 0. The Morgan fingerprint density at radius 2 is 2.17 bits per heavy atom. The molecule has 0 amide bonds. The van der Waals surface area contributed by atoms with E-state index >= 15 is 0 Å². The lowest BCUT2D eigenvalue weighted by Gasteiger charge is -2.40. The predicted octanol–water partition coefficient (Wildman–Crippen LogP) is 1.36. The van der Waals surface area contributed by atoms with E-state index in [-0.39, 0.29) is 0 Å². The first-order chi connectivity index (χ1) is 8.72. The summed E-state index contributed by atoms with van der Waals surface area (Å²) >= 11 is 0. The van der Waals surface area contributed by atoms with Crippen LogP contribution in [0.4, 0.5) is 0 Å². The van der Waals surface area contributed by atoms with Crippen LogP contribution in [0.2, 0.25) is 0 Å². The van der Waals surface area contributed by atoms with E-state index in [1.807, 2.05) is 7.11 Å². The van der Waals surface area contributed by atoms with Gasteiger partial charge in [0.25, 0.3) is 0 Å². The fourth-order valence-electron chi connectivity index (χ4n) is 2.63. The summed E-state index contributed by atoms with van der Waals surface area (Å²) in [6.45, 7) is 9.54. The van der Waals surface area contributed by atoms with Crippen LogP contribution in [0.25, 0.3) is 0 Å². The molecule has 1 fully saturated rings. The van der Waals surface area contributed by atoms with Crippen molar-refractivity contribution in [3.05, 3.63) is 0 Å². The summed E-state index contributed by atoms with van der Waals surface area (Å²) in [4.78, 5) is 2.51. The van der Waals surface area contributed by atoms with E-state index < -0.39 is 0 Å². The molecule has 1 heterocycles. The molecular formula is C14H30N2O2. The van der Waals surface area contributed by atoms with Crippen molar-refractivity contribution >= 4 is 0 Å². The molecule has 0 bridgehead atoms. The standard InChI is InChI=1S/C14H30N2O2/c1-5-7-15-9-13(11-17-3)16-8-6-12(2)14(10-16)18-4/h12-15H,5-11H2,1-4H3. The first-order valence-electron chi connectivity index (χ1n) is 7.19. The summed E-state index contributed by atoms with van der Waals surface area (Å²) in [7, 11) is 3.61. The van der Waals surface area contributed by atoms with Crippen molar-refractivity contribution in [3.63, 3.8) is 0 Å². The molecule has 1 aliphatic rings. The number of likely N-dealkylation sites (tertiary alicyclic amines) is 1. The van der Waals surface area contributed by atoms with Gasteiger partial charge in [-0.1, -0.05) is 13.8 Å². The van der Waals surface area contributed by atoms with Crippen molar-refractivity contribution in [1.29, 1.82) is 0 Å². The van der Waals surface area contributed by atoms with Crippen LogP contribution in [-0.2, 0) is 9.47 Å². The van der Waals surface area contributed by atoms with Crippen molar-refractivity contribution in [2.75, 3.05) is 47.0 Å². The van der Waals surface area contributed by atoms with E-state index in [4.69, 9.17) is 9.47 Å². The van der Waals surface area contributed by atoms with E-state index in [1.54, 1.807) is 7.11 Å². The highest BCUT2D eigenvalue weighted by atomic mass is 16.5. The van der Waals surface area contributed by atoms with Gasteiger partial charge >= 0.3 is 0 Å². The van der Waals surface area contributed by atoms with Crippen molar-refractivity contribution in [3.8, 4) is 0 Å². The zero-order chi connectivity index (χ0) is 13.4. The van der Waals surface area contributed by atoms with Crippen molar-refractivity contribution in [1.82, 2.24) is 10.2 Å². The summed E-state index contributed by atoms with van der Waals surface area (Å²) < 4.78 is 10.9. The molecule has 108 valence electrons. The molecule has 0 aromatic carbocycles. The van der Waals surface area contributed by atoms with E-state index in [1.165, 1.54) is 12.8 Å². The molecule has 18 heavy (non-hydrogen) atoms. The van der Waals surface area contributed by atoms with Gasteiger partial charge in [0.15, 0.2) is 0 Å². The topological polar surface area (TPSA) is 33.7 Å². The number of rotatable bonds is 8. The van der Waals surface area contributed by atoms with Crippen LogP contribution in [-0.4, -0.2) is 64.1 Å². The van der Waals surface area contributed by atoms with Crippen molar-refractivity contribution in [2.24, 2.45) is 5.92 Å². The van der Waals surface area contributed by atoms with Gasteiger partial charge in [0, 0.05) is 33.4 Å². The first kappa shape index (κ1) is 15.9. The summed E-state index contributed by atoms with van der Waals surface area (Å²) in [6, 6.07) is 0.465. The van der Waals surface area contributed by atoms with Crippen LogP contribution >= 0.6 is 0 Å². The second kappa shape index (κ2) is 8.86. The third kappa shape index (κ3) is 4.84. The number of hydrogen-bond acceptors (Lipinski definition) is 4. The highest BCUT2D eigenvalue weighted by molar-refractivity contribution is 4.84. The molecule has 0 aliphatic carbocycles. The molecule has 0 spiro atoms. The highest BCUT2D eigenvalue weighted by Gasteiger charge is 2.29. The SMILES string of the molecule is CCCNCC(COC)N1CCC(C)C(OC)C1. The van der Waals surface area contributed by atoms with Gasteiger partial charge in [0.1, 0.15) is 0 Å². The first-order valence-corrected chi connectivity index (χ1v) is 7.19. The highest BCUT2D eigenvalue weighted by Crippen LogP contribution is 2.21. The van der Waals surface area contributed by atoms with E-state index in [0.29, 0.717) is 18.1 Å². The van der Waals surface area contributed by atoms with Gasteiger partial charge in [0.05, 0.1) is 12.7 Å². The lowest BCUT2D eigenvalue weighted by atomic mass is 9.94. The molecule has 1 rings (SSSR count). The fourth-order valence-corrected chi connectivity index (χ4v) is 2.63. The monoisotopic (exact) mass is 258 g/mol. The van der Waals surface area contributed by atoms with Gasteiger partial charge in [-0.15, -0.1) is 0 Å². The predicted molar refractivity (Wildman–Crippen MR) is 75.0 cm³/mol. The maximum atomic E-state index is 5.58. The molecule has 0 radical (unpaired) electrons. The van der Waals surface area contributed by atoms with Gasteiger partial charge in [0.2, 0.25) is 0 Å². The Labute approximate surface area is 112 Å². The van der Waals surface area contributed by atoms with Crippen LogP contribution in [0, 0.1) is 5.92 Å². The number of methoxy groups -OCH3 is 2. The summed E-state index contributed by atoms with van der Waals surface area (Å²) in [5.74, 6) is 0.665. The molecule has 0 aromatic rings. The minimum absolute atomic E-state index is 0.365. The molecule has 1 saturated heterocycles. The minimum Gasteiger partial charge on any atom is -0.383 e. The lowest BCUT2D eigenvalue weighted by Crippen LogP contribution is -2.53. The Hall–Kier alpha value is -0.160. The van der Waals surface area contributed by atoms with Gasteiger partial charge in [-0.05, 0) is 31.8 Å². The van der Waals surface area contributed by atoms with Gasteiger partial charge in [-0.2, -0.15) is 0 Å². The molecule has 0 saturated carbocycles. The molecule has 3 unspecified atom stereocenters. The zero-order valence-electron chi connectivity index (χ0n) is 12.4. The lowest BCUT2D eigenvalue weighted by molar-refractivity contribution is -0.0303. The van der Waals surface area contributed by atoms with E-state index in [0.717, 1.165) is 32.8 Å². The number of nitrogens with one attached hydrogen (secondary N) is 1. The van der Waals surface area contributed by atoms with Crippen molar-refractivity contribution in [2.45, 2.75) is 38.8 Å². The average molecular weight is 258 g/mol. The molecule has 4 heteroatoms. The normalized spacial score (nSPS) is 27.3. The fraction of sp³-hybridized carbons (Fsp3) is 1.00. The van der Waals surface area contributed by atoms with Gasteiger partial charge in [-0.25, -0.2) is 0 Å². The molecule has 4 nitrogen and oxygen atoms in total. The summed E-state index contributed by atoms with van der Waals surface area (Å²) in [5, 5.41) is 3.50. The second-order valence-electron chi connectivity index (χ2n) is 5.35. The van der Waals surface area contributed by atoms with Crippen LogP contribution in [0.5, 0.6) is 0 Å². The maximum Gasteiger partial charge on any atom is 0.0724 e. The second-order valence-corrected chi connectivity index (χ2v) is 5.35. The van der Waals surface area contributed by atoms with Crippen molar-refractivity contribution < 1.29 is 9.47 Å². The van der Waals surface area contributed by atoms with E-state index in [2.05, 4.69) is 24.1 Å². The Kier molecular flexibility index (Phi) is 7.82. The van der Waals surface area contributed by atoms with Gasteiger partial charge < -0.3 is 14.8 Å². The van der Waals surface area contributed by atoms with Crippen LogP contribution in [0.15, 0.2) is 0 Å². The van der Waals surface area contributed by atoms with Crippen LogP contribution in [0.1, 0.15) is 26.7 Å². The maximum absolute atomic E-state index is 5.58. The number of hydrogen-bond donors (Lipinski definition) is 1. The Morgan fingerprint density at radius 1 is 1.39 bits per heavy atom. The summed E-state index contributed by atoms with van der Waals surface area (Å²) in [6.07, 6.45) is 2.76. The number of nitrogens with zero attached hydrogens (tertiary/aromatic N) is 1. The quantitative estimate of drug-likeness (QED) is 0.667. The minimum atomic E-state index is 0.365. The number of ether oxygens (including phenoxy) is 2. The number of piperidine rings is 1. The molecule has 1 N–H and O–H groups in total. The molecule has 1 aliphatic heterocycles. The van der Waals surface area contributed by atoms with Gasteiger partial charge in [-0.3, -0.25) is 4.90 Å². The Morgan fingerprint density at radius 3 is 2.78 bits per heavy atom. The van der Waals surface area contributed by atoms with Crippen LogP contribution < -0.4 is 5.32 Å². The molecule has 3 atom stereocenters. The molecular weight excluding hydrogens is 228 g/mol. The Balaban J connectivity index is 2.45. The van der Waals surface area contributed by atoms with Crippen LogP contribution in [0.3, 0.4) is 0 Å². The zero-order valence-corrected chi connectivity index (χ0v) is 12.4. The smallest absolute Gasteiger partial charge is 0.0724 e. The largest absolute Gasteiger partial charge is 0.383 e. The van der Waals surface area contributed by atoms with E-state index in [9.17, 15) is 0 Å². The molecule has 0 aromatic heterocycles. The third-order valence-corrected chi connectivity index (χ3v) is 3.91. The average Bonchev–Trinajstić information content (AvgIpc) is 2.39.